The number of nitrogens with zero attached hydrogens (tertiary/aromatic N) is 2. The van der Waals surface area contributed by atoms with Crippen LogP contribution in [0.4, 0.5) is 0 Å². The molecule has 0 bridgehead atoms. The Labute approximate surface area is 115 Å². The average molecular weight is 262 g/mol. The fourth-order valence-corrected chi connectivity index (χ4v) is 3.08. The first-order valence-electron chi connectivity index (χ1n) is 7.21. The highest BCUT2D eigenvalue weighted by molar-refractivity contribution is 5.97. The SMILES string of the molecule is CC#CCCN1C(=O)C2CCCCN2C(=O)C1CC. The van der Waals surface area contributed by atoms with Gasteiger partial charge in [0.15, 0.2) is 0 Å². The van der Waals surface area contributed by atoms with Gasteiger partial charge in [-0.1, -0.05) is 6.92 Å². The molecule has 2 heterocycles. The summed E-state index contributed by atoms with van der Waals surface area (Å²) in [5.41, 5.74) is 0. The van der Waals surface area contributed by atoms with Gasteiger partial charge in [0, 0.05) is 19.5 Å². The molecule has 0 radical (unpaired) electrons. The van der Waals surface area contributed by atoms with Crippen molar-refractivity contribution >= 4 is 11.8 Å². The van der Waals surface area contributed by atoms with Crippen LogP contribution >= 0.6 is 0 Å². The molecule has 4 heteroatoms. The quantitative estimate of drug-likeness (QED) is 0.721. The van der Waals surface area contributed by atoms with Crippen molar-refractivity contribution in [3.05, 3.63) is 0 Å². The van der Waals surface area contributed by atoms with Gasteiger partial charge in [0.05, 0.1) is 0 Å². The molecule has 2 unspecified atom stereocenters. The molecule has 2 aliphatic rings. The van der Waals surface area contributed by atoms with E-state index in [0.717, 1.165) is 25.8 Å². The molecule has 104 valence electrons. The minimum absolute atomic E-state index is 0.129. The van der Waals surface area contributed by atoms with Gasteiger partial charge in [0.25, 0.3) is 0 Å². The van der Waals surface area contributed by atoms with Crippen molar-refractivity contribution in [1.29, 1.82) is 0 Å². The van der Waals surface area contributed by atoms with Crippen LogP contribution in [0.15, 0.2) is 0 Å². The van der Waals surface area contributed by atoms with Gasteiger partial charge in [-0.2, -0.15) is 0 Å². The zero-order valence-corrected chi connectivity index (χ0v) is 11.8. The Morgan fingerprint density at radius 2 is 2.05 bits per heavy atom. The van der Waals surface area contributed by atoms with Crippen LogP contribution in [0.5, 0.6) is 0 Å². The van der Waals surface area contributed by atoms with Crippen LogP contribution in [0, 0.1) is 11.8 Å². The molecule has 2 saturated heterocycles. The molecule has 2 rings (SSSR count). The lowest BCUT2D eigenvalue weighted by Gasteiger charge is -2.46. The van der Waals surface area contributed by atoms with Crippen LogP contribution in [-0.4, -0.2) is 46.8 Å². The summed E-state index contributed by atoms with van der Waals surface area (Å²) >= 11 is 0. The maximum absolute atomic E-state index is 12.6. The van der Waals surface area contributed by atoms with Crippen molar-refractivity contribution in [2.24, 2.45) is 0 Å². The number of amides is 2. The lowest BCUT2D eigenvalue weighted by molar-refractivity contribution is -0.163. The maximum atomic E-state index is 12.6. The molecule has 0 spiro atoms. The third-order valence-corrected chi connectivity index (χ3v) is 4.06. The lowest BCUT2D eigenvalue weighted by Crippen LogP contribution is -2.65. The minimum atomic E-state index is -0.277. The van der Waals surface area contributed by atoms with E-state index < -0.39 is 0 Å². The molecule has 0 aliphatic carbocycles. The van der Waals surface area contributed by atoms with Crippen LogP contribution in [0.25, 0.3) is 0 Å². The van der Waals surface area contributed by atoms with E-state index >= 15 is 0 Å². The Kier molecular flexibility index (Phi) is 4.47. The maximum Gasteiger partial charge on any atom is 0.246 e. The van der Waals surface area contributed by atoms with E-state index in [1.54, 1.807) is 11.8 Å². The van der Waals surface area contributed by atoms with Crippen molar-refractivity contribution in [2.75, 3.05) is 13.1 Å². The van der Waals surface area contributed by atoms with Crippen LogP contribution in [-0.2, 0) is 9.59 Å². The molecule has 2 aliphatic heterocycles. The van der Waals surface area contributed by atoms with E-state index in [9.17, 15) is 9.59 Å². The minimum Gasteiger partial charge on any atom is -0.329 e. The summed E-state index contributed by atoms with van der Waals surface area (Å²) in [6.45, 7) is 5.09. The summed E-state index contributed by atoms with van der Waals surface area (Å²) < 4.78 is 0. The lowest BCUT2D eigenvalue weighted by atomic mass is 9.94. The highest BCUT2D eigenvalue weighted by Gasteiger charge is 2.45. The molecule has 19 heavy (non-hydrogen) atoms. The smallest absolute Gasteiger partial charge is 0.246 e. The van der Waals surface area contributed by atoms with Gasteiger partial charge in [-0.3, -0.25) is 9.59 Å². The van der Waals surface area contributed by atoms with E-state index in [-0.39, 0.29) is 23.9 Å². The topological polar surface area (TPSA) is 40.6 Å². The second-order valence-corrected chi connectivity index (χ2v) is 5.18. The number of hydrogen-bond donors (Lipinski definition) is 0. The number of fused-ring (bicyclic) bond motifs is 1. The van der Waals surface area contributed by atoms with Gasteiger partial charge < -0.3 is 9.80 Å². The first-order valence-corrected chi connectivity index (χ1v) is 7.21. The Morgan fingerprint density at radius 3 is 2.74 bits per heavy atom. The van der Waals surface area contributed by atoms with E-state index in [2.05, 4.69) is 11.8 Å². The first-order chi connectivity index (χ1) is 9.20. The van der Waals surface area contributed by atoms with Crippen molar-refractivity contribution in [2.45, 2.75) is 58.0 Å². The van der Waals surface area contributed by atoms with Gasteiger partial charge >= 0.3 is 0 Å². The van der Waals surface area contributed by atoms with Crippen LogP contribution < -0.4 is 0 Å². The fourth-order valence-electron chi connectivity index (χ4n) is 3.08. The second-order valence-electron chi connectivity index (χ2n) is 5.18. The summed E-state index contributed by atoms with van der Waals surface area (Å²) in [7, 11) is 0. The summed E-state index contributed by atoms with van der Waals surface area (Å²) in [6.07, 6.45) is 4.22. The van der Waals surface area contributed by atoms with Crippen LogP contribution in [0.2, 0.25) is 0 Å². The molecule has 2 atom stereocenters. The summed E-state index contributed by atoms with van der Waals surface area (Å²) in [4.78, 5) is 28.6. The van der Waals surface area contributed by atoms with Gasteiger partial charge in [-0.05, 0) is 32.6 Å². The summed E-state index contributed by atoms with van der Waals surface area (Å²) in [5, 5.41) is 0. The van der Waals surface area contributed by atoms with Gasteiger partial charge in [0.1, 0.15) is 12.1 Å². The largest absolute Gasteiger partial charge is 0.329 e. The number of piperazine rings is 1. The van der Waals surface area contributed by atoms with E-state index in [0.29, 0.717) is 19.4 Å². The van der Waals surface area contributed by atoms with Gasteiger partial charge in [-0.25, -0.2) is 0 Å². The van der Waals surface area contributed by atoms with Crippen LogP contribution in [0.3, 0.4) is 0 Å². The average Bonchev–Trinajstić information content (AvgIpc) is 2.44. The summed E-state index contributed by atoms with van der Waals surface area (Å²) in [5.74, 6) is 6.08. The number of hydrogen-bond acceptors (Lipinski definition) is 2. The molecule has 0 aromatic heterocycles. The predicted molar refractivity (Wildman–Crippen MR) is 73.2 cm³/mol. The number of rotatable bonds is 3. The standard InChI is InChI=1S/C15H22N2O2/c1-3-5-7-10-16-12(4-2)14(18)17-11-8-6-9-13(17)15(16)19/h12-13H,4,6-11H2,1-2H3. The third kappa shape index (κ3) is 2.60. The molecule has 2 fully saturated rings. The number of piperidine rings is 1. The zero-order valence-electron chi connectivity index (χ0n) is 11.8. The van der Waals surface area contributed by atoms with Crippen molar-refractivity contribution in [3.63, 3.8) is 0 Å². The Bertz CT molecular complexity index is 422. The van der Waals surface area contributed by atoms with Crippen molar-refractivity contribution in [1.82, 2.24) is 9.80 Å². The first kappa shape index (κ1) is 13.9. The van der Waals surface area contributed by atoms with E-state index in [1.165, 1.54) is 0 Å². The van der Waals surface area contributed by atoms with E-state index in [1.807, 2.05) is 11.8 Å². The molecular formula is C15H22N2O2. The molecule has 0 saturated carbocycles. The fraction of sp³-hybridized carbons (Fsp3) is 0.733. The highest BCUT2D eigenvalue weighted by Crippen LogP contribution is 2.27. The summed E-state index contributed by atoms with van der Waals surface area (Å²) in [6, 6.07) is -0.487. The Balaban J connectivity index is 2.17. The van der Waals surface area contributed by atoms with Crippen molar-refractivity contribution in [3.8, 4) is 11.8 Å². The van der Waals surface area contributed by atoms with Gasteiger partial charge in [-0.15, -0.1) is 11.8 Å². The molecule has 0 N–H and O–H groups in total. The number of carbonyl (C=O) groups excluding carboxylic acids is 2. The van der Waals surface area contributed by atoms with Crippen molar-refractivity contribution < 1.29 is 9.59 Å². The molecule has 2 amide bonds. The third-order valence-electron chi connectivity index (χ3n) is 4.06. The zero-order chi connectivity index (χ0) is 13.8. The normalized spacial score (nSPS) is 26.8. The number of carbonyl (C=O) groups is 2. The highest BCUT2D eigenvalue weighted by atomic mass is 16.2. The Morgan fingerprint density at radius 1 is 1.26 bits per heavy atom. The molecule has 4 nitrogen and oxygen atoms in total. The second kappa shape index (κ2) is 6.10. The van der Waals surface area contributed by atoms with Crippen LogP contribution in [0.1, 0.15) is 46.0 Å². The predicted octanol–water partition coefficient (Wildman–Crippen LogP) is 1.40. The Hall–Kier alpha value is -1.50. The molecular weight excluding hydrogens is 240 g/mol. The molecule has 0 aromatic carbocycles. The van der Waals surface area contributed by atoms with Gasteiger partial charge in [0.2, 0.25) is 11.8 Å². The monoisotopic (exact) mass is 262 g/mol. The molecule has 0 aromatic rings. The van der Waals surface area contributed by atoms with E-state index in [4.69, 9.17) is 0 Å².